The van der Waals surface area contributed by atoms with Crippen LogP contribution < -0.4 is 32.4 Å². The van der Waals surface area contributed by atoms with E-state index in [0.29, 0.717) is 17.8 Å². The van der Waals surface area contributed by atoms with E-state index in [4.69, 9.17) is 4.55 Å². The molecule has 0 fully saturated rings. The highest BCUT2D eigenvalue weighted by atomic mass is 32.3. The number of aromatic carboxylic acids is 1. The van der Waals surface area contributed by atoms with Crippen LogP contribution in [0.25, 0.3) is 0 Å². The summed E-state index contributed by atoms with van der Waals surface area (Å²) in [6.45, 7) is 0.881. The number of carboxylic acids is 1. The van der Waals surface area contributed by atoms with E-state index in [9.17, 15) is 49.3 Å². The molecule has 0 radical (unpaired) electrons. The molecule has 50 heavy (non-hydrogen) atoms. The van der Waals surface area contributed by atoms with Crippen LogP contribution in [0.4, 0.5) is 22.7 Å². The van der Waals surface area contributed by atoms with Gasteiger partial charge in [-0.1, -0.05) is 17.7 Å². The Morgan fingerprint density at radius 3 is 1.92 bits per heavy atom. The van der Waals surface area contributed by atoms with Gasteiger partial charge in [-0.05, 0) is 61.5 Å². The first-order valence-electron chi connectivity index (χ1n) is 13.6. The maximum Gasteiger partial charge on any atom is 0.397 e. The number of azo groups is 1. The Labute approximate surface area is 282 Å². The highest BCUT2D eigenvalue weighted by Gasteiger charge is 2.23. The number of nitrogens with zero attached hydrogens (tertiary/aromatic N) is 4. The molecule has 22 heteroatoms. The number of hydrogen-bond acceptors (Lipinski definition) is 16. The van der Waals surface area contributed by atoms with Crippen molar-refractivity contribution in [1.82, 2.24) is 0 Å². The number of carboxylic acid groups (broad SMARTS) is 1. The van der Waals surface area contributed by atoms with E-state index in [1.807, 2.05) is 6.92 Å². The minimum Gasteiger partial charge on any atom is -0.478 e. The summed E-state index contributed by atoms with van der Waals surface area (Å²) in [5, 5.41) is 23.6. The number of anilines is 2. The second-order valence-electron chi connectivity index (χ2n) is 9.99. The van der Waals surface area contributed by atoms with E-state index in [-0.39, 0.29) is 11.4 Å². The lowest BCUT2D eigenvalue weighted by molar-refractivity contribution is 0.0694. The summed E-state index contributed by atoms with van der Waals surface area (Å²) in [5.41, 5.74) is 3.65. The van der Waals surface area contributed by atoms with Gasteiger partial charge < -0.3 is 5.11 Å². The van der Waals surface area contributed by atoms with Gasteiger partial charge in [0.2, 0.25) is 10.9 Å². The van der Waals surface area contributed by atoms with E-state index in [1.165, 1.54) is 24.3 Å². The first-order chi connectivity index (χ1) is 23.3. The average Bonchev–Trinajstić information content (AvgIpc) is 3.03. The number of hydrogen-bond donors (Lipinski definition) is 5. The van der Waals surface area contributed by atoms with Crippen molar-refractivity contribution < 1.29 is 48.4 Å². The van der Waals surface area contributed by atoms with Gasteiger partial charge in [-0.2, -0.15) is 32.2 Å². The van der Waals surface area contributed by atoms with Crippen LogP contribution in [0.5, 0.6) is 0 Å². The molecule has 4 aromatic rings. The van der Waals surface area contributed by atoms with Gasteiger partial charge in [0.1, 0.15) is 15.9 Å². The summed E-state index contributed by atoms with van der Waals surface area (Å²) < 4.78 is 92.5. The summed E-state index contributed by atoms with van der Waals surface area (Å²) >= 11 is 0. The van der Waals surface area contributed by atoms with Crippen LogP contribution in [-0.4, -0.2) is 57.8 Å². The lowest BCUT2D eigenvalue weighted by atomic mass is 10.2. The zero-order chi connectivity index (χ0) is 36.9. The van der Waals surface area contributed by atoms with Crippen molar-refractivity contribution in [2.75, 3.05) is 23.2 Å². The highest BCUT2D eigenvalue weighted by molar-refractivity contribution is 7.91. The molecular formula is C28H24N6O13S3. The molecule has 0 heterocycles. The molecule has 19 nitrogen and oxygen atoms in total. The van der Waals surface area contributed by atoms with Crippen LogP contribution in [0.15, 0.2) is 113 Å². The lowest BCUT2D eigenvalue weighted by Gasteiger charge is -2.07. The average molecular weight is 749 g/mol. The Morgan fingerprint density at radius 2 is 1.36 bits per heavy atom. The van der Waals surface area contributed by atoms with E-state index >= 15 is 0 Å². The van der Waals surface area contributed by atoms with Gasteiger partial charge in [0.05, 0.1) is 39.9 Å². The fraction of sp³-hybridized carbons (Fsp3) is 0.107. The van der Waals surface area contributed by atoms with Crippen molar-refractivity contribution in [3.63, 3.8) is 0 Å². The molecule has 262 valence electrons. The molecular weight excluding hydrogens is 725 g/mol. The highest BCUT2D eigenvalue weighted by Crippen LogP contribution is 2.30. The Morgan fingerprint density at radius 1 is 0.780 bits per heavy atom. The fourth-order valence-electron chi connectivity index (χ4n) is 3.92. The maximum absolute atomic E-state index is 13.1. The molecule has 0 amide bonds. The normalized spacial score (nSPS) is 13.1. The van der Waals surface area contributed by atoms with Crippen molar-refractivity contribution >= 4 is 59.1 Å². The summed E-state index contributed by atoms with van der Waals surface area (Å²) in [7, 11) is -14.3. The van der Waals surface area contributed by atoms with E-state index in [1.54, 1.807) is 24.3 Å². The maximum atomic E-state index is 13.1. The Hall–Kier alpha value is -5.52. The molecule has 0 aliphatic heterocycles. The summed E-state index contributed by atoms with van der Waals surface area (Å²) in [6, 6.07) is 15.4. The molecule has 0 unspecified atom stereocenters. The molecule has 4 rings (SSSR count). The van der Waals surface area contributed by atoms with Crippen molar-refractivity contribution in [1.29, 1.82) is 0 Å². The number of carbonyl (C=O) groups is 1. The molecule has 0 saturated carbocycles. The fourth-order valence-corrected chi connectivity index (χ4v) is 6.16. The van der Waals surface area contributed by atoms with Crippen molar-refractivity contribution in [2.45, 2.75) is 16.7 Å². The van der Waals surface area contributed by atoms with Crippen LogP contribution in [0.3, 0.4) is 0 Å². The summed E-state index contributed by atoms with van der Waals surface area (Å²) in [5.74, 6) is -2.52. The smallest absolute Gasteiger partial charge is 0.397 e. The van der Waals surface area contributed by atoms with Crippen LogP contribution >= 0.6 is 0 Å². The van der Waals surface area contributed by atoms with Gasteiger partial charge in [0.25, 0.3) is 10.1 Å². The van der Waals surface area contributed by atoms with Crippen molar-refractivity contribution in [3.05, 3.63) is 115 Å². The van der Waals surface area contributed by atoms with Crippen LogP contribution in [0.2, 0.25) is 0 Å². The molecule has 0 aromatic heterocycles. The molecule has 0 aliphatic rings. The van der Waals surface area contributed by atoms with Crippen LogP contribution in [0.1, 0.15) is 15.9 Å². The predicted octanol–water partition coefficient (Wildman–Crippen LogP) is 1.40. The molecule has 0 aliphatic carbocycles. The number of rotatable bonds is 13. The zero-order valence-corrected chi connectivity index (χ0v) is 27.7. The van der Waals surface area contributed by atoms with E-state index in [0.717, 1.165) is 17.7 Å². The second kappa shape index (κ2) is 14.9. The predicted molar refractivity (Wildman–Crippen MR) is 174 cm³/mol. The quantitative estimate of drug-likeness (QED) is 0.0733. The van der Waals surface area contributed by atoms with Crippen molar-refractivity contribution in [3.8, 4) is 0 Å². The van der Waals surface area contributed by atoms with Crippen LogP contribution in [0, 0.1) is 6.92 Å². The van der Waals surface area contributed by atoms with Gasteiger partial charge in [-0.3, -0.25) is 29.5 Å². The molecule has 0 atom stereocenters. The number of sulfone groups is 1. The first kappa shape index (κ1) is 37.3. The number of nitrogens with one attached hydrogen (secondary N) is 2. The monoisotopic (exact) mass is 748 g/mol. The summed E-state index contributed by atoms with van der Waals surface area (Å²) in [4.78, 5) is 35.8. The minimum absolute atomic E-state index is 0.110. The molecule has 5 N–H and O–H groups in total. The Balaban J connectivity index is 1.57. The zero-order valence-electron chi connectivity index (χ0n) is 25.3. The Kier molecular flexibility index (Phi) is 11.1. The largest absolute Gasteiger partial charge is 0.478 e. The topological polar surface area (TPSA) is 297 Å². The van der Waals surface area contributed by atoms with Gasteiger partial charge >= 0.3 is 16.4 Å². The van der Waals surface area contributed by atoms with Gasteiger partial charge in [0, 0.05) is 6.07 Å². The lowest BCUT2D eigenvalue weighted by Crippen LogP contribution is -2.50. The molecule has 0 spiro atoms. The second-order valence-corrected chi connectivity index (χ2v) is 14.6. The SMILES string of the molecule is Cc1ccc(N/N=c2/c(C(=O)O)cc(=O)/c(=N\Nc3ccc(N=Nc4ccc(S(=O)(=O)CCOS(=O)(=O)O)cc4S(=O)(=O)O)cc3)c2=O)cc1. The third-order valence-corrected chi connectivity index (χ3v) is 9.39. The Bertz CT molecular complexity index is 2550. The number of aryl methyl sites for hydroxylation is 1. The third-order valence-electron chi connectivity index (χ3n) is 6.36. The summed E-state index contributed by atoms with van der Waals surface area (Å²) in [6.07, 6.45) is 0. The standard InChI is InChI=1S/C28H24N6O13S3/c1-16-2-4-17(5-3-16)30-33-25-21(28(37)38)15-23(35)26(27(25)36)34-31-19-8-6-18(7-9-19)29-32-22-11-10-20(14-24(22)49(41,42)43)48(39,40)13-12-47-50(44,45)46/h2-11,14-15,30-31H,12-13H2,1H3,(H,37,38)(H,41,42,43)(H,44,45,46)/b32-29?,33-25-,34-26+. The number of benzene rings is 4. The first-order valence-corrected chi connectivity index (χ1v) is 18.1. The van der Waals surface area contributed by atoms with Crippen molar-refractivity contribution in [2.24, 2.45) is 20.4 Å². The molecule has 0 saturated heterocycles. The molecule has 0 bridgehead atoms. The van der Waals surface area contributed by atoms with E-state index < -0.39 is 91.3 Å². The van der Waals surface area contributed by atoms with Crippen LogP contribution in [-0.2, 0) is 34.5 Å². The molecule has 4 aromatic carbocycles. The van der Waals surface area contributed by atoms with Gasteiger partial charge in [-0.15, -0.1) is 5.11 Å². The van der Waals surface area contributed by atoms with Gasteiger partial charge in [0.15, 0.2) is 15.2 Å². The van der Waals surface area contributed by atoms with Gasteiger partial charge in [-0.25, -0.2) is 17.4 Å². The third kappa shape index (κ3) is 9.77. The minimum atomic E-state index is -5.04. The van der Waals surface area contributed by atoms with E-state index in [2.05, 4.69) is 35.5 Å².